The molecule has 152 valence electrons. The summed E-state index contributed by atoms with van der Waals surface area (Å²) in [4.78, 5) is 38.8. The monoisotopic (exact) mass is 474 g/mol. The van der Waals surface area contributed by atoms with E-state index in [2.05, 4.69) is 35.1 Å². The number of halogens is 1. The summed E-state index contributed by atoms with van der Waals surface area (Å²) in [6, 6.07) is 13.1. The zero-order valence-electron chi connectivity index (χ0n) is 16.4. The van der Waals surface area contributed by atoms with Crippen LogP contribution >= 0.6 is 27.7 Å². The second kappa shape index (κ2) is 9.59. The van der Waals surface area contributed by atoms with E-state index in [1.54, 1.807) is 24.3 Å². The molecule has 1 aliphatic heterocycles. The van der Waals surface area contributed by atoms with Gasteiger partial charge in [0.25, 0.3) is 0 Å². The van der Waals surface area contributed by atoms with Crippen molar-refractivity contribution in [2.24, 2.45) is 0 Å². The van der Waals surface area contributed by atoms with Gasteiger partial charge in [0, 0.05) is 16.6 Å². The summed E-state index contributed by atoms with van der Waals surface area (Å²) in [5.41, 5.74) is 3.61. The summed E-state index contributed by atoms with van der Waals surface area (Å²) in [7, 11) is 0. The average Bonchev–Trinajstić information content (AvgIpc) is 3.00. The van der Waals surface area contributed by atoms with Crippen LogP contribution in [0.25, 0.3) is 0 Å². The van der Waals surface area contributed by atoms with Crippen molar-refractivity contribution < 1.29 is 14.4 Å². The van der Waals surface area contributed by atoms with Crippen LogP contribution in [0.4, 0.5) is 11.4 Å². The van der Waals surface area contributed by atoms with Gasteiger partial charge in [-0.3, -0.25) is 14.4 Å². The van der Waals surface area contributed by atoms with E-state index >= 15 is 0 Å². The van der Waals surface area contributed by atoms with Gasteiger partial charge in [-0.1, -0.05) is 48.0 Å². The lowest BCUT2D eigenvalue weighted by Gasteiger charge is -2.16. The molecule has 0 unspecified atom stereocenters. The summed E-state index contributed by atoms with van der Waals surface area (Å²) >= 11 is 4.57. The summed E-state index contributed by atoms with van der Waals surface area (Å²) in [5, 5.41) is 2.47. The van der Waals surface area contributed by atoms with Gasteiger partial charge in [-0.15, -0.1) is 11.8 Å². The lowest BCUT2D eigenvalue weighted by Crippen LogP contribution is -2.31. The maximum atomic E-state index is 12.7. The van der Waals surface area contributed by atoms with Crippen LogP contribution < -0.4 is 10.2 Å². The van der Waals surface area contributed by atoms with Crippen molar-refractivity contribution in [2.45, 2.75) is 38.4 Å². The van der Waals surface area contributed by atoms with E-state index in [1.165, 1.54) is 16.7 Å². The Morgan fingerprint density at radius 2 is 1.72 bits per heavy atom. The van der Waals surface area contributed by atoms with E-state index in [-0.39, 0.29) is 29.9 Å². The number of para-hydroxylation sites is 1. The fraction of sp³-hybridized carbons (Fsp3) is 0.318. The second-order valence-corrected chi connectivity index (χ2v) is 8.86. The number of benzene rings is 2. The molecular weight excluding hydrogens is 452 g/mol. The van der Waals surface area contributed by atoms with Gasteiger partial charge in [0.05, 0.1) is 16.7 Å². The molecule has 3 rings (SSSR count). The molecule has 5 nitrogen and oxygen atoms in total. The Morgan fingerprint density at radius 1 is 1.10 bits per heavy atom. The lowest BCUT2D eigenvalue weighted by molar-refractivity contribution is -0.121. The van der Waals surface area contributed by atoms with Crippen molar-refractivity contribution >= 4 is 56.8 Å². The first kappa shape index (κ1) is 21.6. The largest absolute Gasteiger partial charge is 0.325 e. The highest BCUT2D eigenvalue weighted by atomic mass is 79.9. The molecule has 3 amide bonds. The van der Waals surface area contributed by atoms with E-state index in [0.717, 1.165) is 34.1 Å². The third-order valence-corrected chi connectivity index (χ3v) is 6.60. The molecule has 1 heterocycles. The highest BCUT2D eigenvalue weighted by Gasteiger charge is 2.40. The maximum absolute atomic E-state index is 12.7. The molecule has 2 aromatic rings. The molecule has 0 radical (unpaired) electrons. The van der Waals surface area contributed by atoms with Crippen molar-refractivity contribution in [2.75, 3.05) is 16.0 Å². The highest BCUT2D eigenvalue weighted by molar-refractivity contribution is 9.10. The van der Waals surface area contributed by atoms with Gasteiger partial charge < -0.3 is 5.32 Å². The van der Waals surface area contributed by atoms with Crippen LogP contribution in [-0.4, -0.2) is 28.7 Å². The van der Waals surface area contributed by atoms with Crippen molar-refractivity contribution in [3.63, 3.8) is 0 Å². The first-order valence-corrected chi connectivity index (χ1v) is 11.4. The first-order valence-electron chi connectivity index (χ1n) is 9.59. The fourth-order valence-corrected chi connectivity index (χ4v) is 4.55. The SMILES string of the molecule is CCc1cccc(CC)c1NC(=O)CS[C@H]1CC(=O)N(c2ccc(Br)cc2)C1=O. The molecule has 1 N–H and O–H groups in total. The number of nitrogens with zero attached hydrogens (tertiary/aromatic N) is 1. The Labute approximate surface area is 183 Å². The van der Waals surface area contributed by atoms with E-state index in [1.807, 2.05) is 18.2 Å². The van der Waals surface area contributed by atoms with Gasteiger partial charge in [0.2, 0.25) is 17.7 Å². The molecule has 1 aliphatic rings. The number of rotatable bonds is 7. The van der Waals surface area contributed by atoms with E-state index in [0.29, 0.717) is 5.69 Å². The molecular formula is C22H23BrN2O3S. The van der Waals surface area contributed by atoms with Crippen molar-refractivity contribution in [3.8, 4) is 0 Å². The van der Waals surface area contributed by atoms with Crippen molar-refractivity contribution in [1.29, 1.82) is 0 Å². The Hall–Kier alpha value is -2.12. The lowest BCUT2D eigenvalue weighted by atomic mass is 10.0. The van der Waals surface area contributed by atoms with Gasteiger partial charge >= 0.3 is 0 Å². The number of carbonyl (C=O) groups is 3. The molecule has 0 bridgehead atoms. The van der Waals surface area contributed by atoms with E-state index in [9.17, 15) is 14.4 Å². The third-order valence-electron chi connectivity index (χ3n) is 4.87. The smallest absolute Gasteiger partial charge is 0.247 e. The average molecular weight is 475 g/mol. The maximum Gasteiger partial charge on any atom is 0.247 e. The first-order chi connectivity index (χ1) is 13.9. The minimum atomic E-state index is -0.538. The molecule has 2 aromatic carbocycles. The second-order valence-electron chi connectivity index (χ2n) is 6.75. The predicted octanol–water partition coefficient (Wildman–Crippen LogP) is 4.58. The Bertz CT molecular complexity index is 908. The molecule has 7 heteroatoms. The number of imide groups is 1. The molecule has 1 saturated heterocycles. The minimum Gasteiger partial charge on any atom is -0.325 e. The van der Waals surface area contributed by atoms with Gasteiger partial charge in [-0.2, -0.15) is 0 Å². The van der Waals surface area contributed by atoms with E-state index < -0.39 is 5.25 Å². The van der Waals surface area contributed by atoms with Crippen LogP contribution in [0.3, 0.4) is 0 Å². The van der Waals surface area contributed by atoms with Crippen LogP contribution in [-0.2, 0) is 27.2 Å². The van der Waals surface area contributed by atoms with Crippen LogP contribution in [0.1, 0.15) is 31.4 Å². The van der Waals surface area contributed by atoms with Gasteiger partial charge in [0.15, 0.2) is 0 Å². The summed E-state index contributed by atoms with van der Waals surface area (Å²) in [5.74, 6) is -0.537. The summed E-state index contributed by atoms with van der Waals surface area (Å²) in [6.07, 6.45) is 1.77. The van der Waals surface area contributed by atoms with Gasteiger partial charge in [0.1, 0.15) is 0 Å². The third kappa shape index (κ3) is 4.90. The molecule has 0 aromatic heterocycles. The molecule has 0 spiro atoms. The van der Waals surface area contributed by atoms with Crippen molar-refractivity contribution in [1.82, 2.24) is 0 Å². The number of anilines is 2. The minimum absolute atomic E-state index is 0.110. The number of carbonyl (C=O) groups excluding carboxylic acids is 3. The van der Waals surface area contributed by atoms with Crippen LogP contribution in [0, 0.1) is 0 Å². The Balaban J connectivity index is 1.63. The van der Waals surface area contributed by atoms with E-state index in [4.69, 9.17) is 0 Å². The normalized spacial score (nSPS) is 16.4. The predicted molar refractivity (Wildman–Crippen MR) is 121 cm³/mol. The molecule has 0 saturated carbocycles. The molecule has 1 atom stereocenters. The highest BCUT2D eigenvalue weighted by Crippen LogP contribution is 2.31. The number of amides is 3. The fourth-order valence-electron chi connectivity index (χ4n) is 3.35. The quantitative estimate of drug-likeness (QED) is 0.596. The molecule has 1 fully saturated rings. The number of hydrogen-bond acceptors (Lipinski definition) is 4. The zero-order valence-corrected chi connectivity index (χ0v) is 18.8. The standard InChI is InChI=1S/C22H23BrN2O3S/c1-3-14-6-5-7-15(4-2)21(14)24-19(26)13-29-18-12-20(27)25(22(18)28)17-10-8-16(23)9-11-17/h5-11,18H,3-4,12-13H2,1-2H3,(H,24,26)/t18-/m0/s1. The summed E-state index contributed by atoms with van der Waals surface area (Å²) in [6.45, 7) is 4.11. The zero-order chi connectivity index (χ0) is 21.0. The van der Waals surface area contributed by atoms with Gasteiger partial charge in [-0.05, 0) is 48.2 Å². The van der Waals surface area contributed by atoms with Crippen molar-refractivity contribution in [3.05, 3.63) is 58.1 Å². The number of thioether (sulfide) groups is 1. The van der Waals surface area contributed by atoms with Crippen LogP contribution in [0.5, 0.6) is 0 Å². The van der Waals surface area contributed by atoms with Crippen LogP contribution in [0.2, 0.25) is 0 Å². The number of aryl methyl sites for hydroxylation is 2. The molecule has 0 aliphatic carbocycles. The number of hydrogen-bond donors (Lipinski definition) is 1. The Kier molecular flexibility index (Phi) is 7.14. The summed E-state index contributed by atoms with van der Waals surface area (Å²) < 4.78 is 0.877. The van der Waals surface area contributed by atoms with Gasteiger partial charge in [-0.25, -0.2) is 4.90 Å². The van der Waals surface area contributed by atoms with Crippen LogP contribution in [0.15, 0.2) is 46.9 Å². The topological polar surface area (TPSA) is 66.5 Å². The Morgan fingerprint density at radius 3 is 2.31 bits per heavy atom. The molecule has 29 heavy (non-hydrogen) atoms. The number of nitrogens with one attached hydrogen (secondary N) is 1.